The van der Waals surface area contributed by atoms with Crippen LogP contribution in [0.2, 0.25) is 0 Å². The summed E-state index contributed by atoms with van der Waals surface area (Å²) in [6, 6.07) is 1.98. The second kappa shape index (κ2) is 6.69. The summed E-state index contributed by atoms with van der Waals surface area (Å²) in [5.74, 6) is 0. The van der Waals surface area contributed by atoms with Crippen LogP contribution in [-0.2, 0) is 4.74 Å². The Kier molecular flexibility index (Phi) is 5.22. The van der Waals surface area contributed by atoms with Gasteiger partial charge in [-0.05, 0) is 33.2 Å². The number of nitrogens with zero attached hydrogens (tertiary/aromatic N) is 1. The van der Waals surface area contributed by atoms with E-state index in [1.165, 1.54) is 19.4 Å². The molecule has 4 nitrogen and oxygen atoms in total. The van der Waals surface area contributed by atoms with E-state index < -0.39 is 0 Å². The monoisotopic (exact) mass is 241 g/mol. The van der Waals surface area contributed by atoms with Crippen LogP contribution in [0.25, 0.3) is 0 Å². The molecule has 2 unspecified atom stereocenters. The minimum Gasteiger partial charge on any atom is -0.379 e. The summed E-state index contributed by atoms with van der Waals surface area (Å²) in [6.07, 6.45) is 3.96. The summed E-state index contributed by atoms with van der Waals surface area (Å²) in [5, 5.41) is 7.11. The normalized spacial score (nSPS) is 27.4. The van der Waals surface area contributed by atoms with Crippen molar-refractivity contribution < 1.29 is 4.74 Å². The first kappa shape index (κ1) is 13.3. The number of nitrogens with one attached hydrogen (secondary N) is 2. The highest BCUT2D eigenvalue weighted by Crippen LogP contribution is 2.24. The van der Waals surface area contributed by atoms with E-state index in [1.807, 2.05) is 0 Å². The highest BCUT2D eigenvalue weighted by molar-refractivity contribution is 4.83. The lowest BCUT2D eigenvalue weighted by Crippen LogP contribution is -2.45. The van der Waals surface area contributed by atoms with Gasteiger partial charge in [0.15, 0.2) is 0 Å². The molecule has 1 aliphatic carbocycles. The van der Waals surface area contributed by atoms with Gasteiger partial charge >= 0.3 is 0 Å². The quantitative estimate of drug-likeness (QED) is 0.678. The third kappa shape index (κ3) is 4.92. The predicted molar refractivity (Wildman–Crippen MR) is 70.3 cm³/mol. The van der Waals surface area contributed by atoms with Crippen LogP contribution >= 0.6 is 0 Å². The summed E-state index contributed by atoms with van der Waals surface area (Å²) in [4.78, 5) is 2.47. The van der Waals surface area contributed by atoms with E-state index in [1.54, 1.807) is 0 Å². The van der Waals surface area contributed by atoms with Crippen LogP contribution in [0, 0.1) is 0 Å². The molecule has 2 fully saturated rings. The van der Waals surface area contributed by atoms with E-state index in [4.69, 9.17) is 4.74 Å². The molecular weight excluding hydrogens is 214 g/mol. The van der Waals surface area contributed by atoms with Crippen LogP contribution in [0.1, 0.15) is 26.2 Å². The first-order valence-corrected chi connectivity index (χ1v) is 7.00. The highest BCUT2D eigenvalue weighted by atomic mass is 16.5. The fourth-order valence-electron chi connectivity index (χ4n) is 2.47. The minimum atomic E-state index is 0.535. The van der Waals surface area contributed by atoms with Gasteiger partial charge in [-0.2, -0.15) is 0 Å². The van der Waals surface area contributed by atoms with Gasteiger partial charge in [0.05, 0.1) is 13.2 Å². The molecule has 0 radical (unpaired) electrons. The van der Waals surface area contributed by atoms with Gasteiger partial charge in [0.25, 0.3) is 0 Å². The molecule has 0 bridgehead atoms. The van der Waals surface area contributed by atoms with E-state index in [0.29, 0.717) is 12.1 Å². The summed E-state index contributed by atoms with van der Waals surface area (Å²) in [7, 11) is 2.24. The van der Waals surface area contributed by atoms with Crippen molar-refractivity contribution in [2.24, 2.45) is 0 Å². The van der Waals surface area contributed by atoms with Crippen molar-refractivity contribution in [3.63, 3.8) is 0 Å². The van der Waals surface area contributed by atoms with Crippen LogP contribution in [-0.4, -0.2) is 62.9 Å². The Balaban J connectivity index is 1.51. The highest BCUT2D eigenvalue weighted by Gasteiger charge is 2.25. The molecular formula is C13H27N3O. The molecule has 0 spiro atoms. The van der Waals surface area contributed by atoms with E-state index in [9.17, 15) is 0 Å². The zero-order valence-electron chi connectivity index (χ0n) is 11.2. The molecule has 0 amide bonds. The minimum absolute atomic E-state index is 0.535. The van der Waals surface area contributed by atoms with Crippen molar-refractivity contribution in [2.45, 2.75) is 44.3 Å². The number of morpholine rings is 1. The molecule has 0 aromatic rings. The zero-order valence-corrected chi connectivity index (χ0v) is 11.2. The Hall–Kier alpha value is -0.160. The standard InChI is InChI=1S/C13H27N3O/c1-11(9-12-10-17-8-6-15-12)14-5-7-16(2)13-3-4-13/h11-15H,3-10H2,1-2H3. The Labute approximate surface area is 105 Å². The Bertz CT molecular complexity index is 215. The zero-order chi connectivity index (χ0) is 12.1. The molecule has 0 aromatic heterocycles. The van der Waals surface area contributed by atoms with Crippen LogP contribution < -0.4 is 10.6 Å². The molecule has 2 rings (SSSR count). The number of likely N-dealkylation sites (N-methyl/N-ethyl adjacent to an activating group) is 1. The molecule has 2 atom stereocenters. The van der Waals surface area contributed by atoms with Crippen LogP contribution in [0.3, 0.4) is 0 Å². The van der Waals surface area contributed by atoms with Gasteiger partial charge in [0, 0.05) is 37.8 Å². The lowest BCUT2D eigenvalue weighted by molar-refractivity contribution is 0.0711. The average molecular weight is 241 g/mol. The predicted octanol–water partition coefficient (Wildman–Crippen LogP) is 0.437. The lowest BCUT2D eigenvalue weighted by Gasteiger charge is -2.27. The van der Waals surface area contributed by atoms with Crippen molar-refractivity contribution in [1.29, 1.82) is 0 Å². The fraction of sp³-hybridized carbons (Fsp3) is 1.00. The first-order valence-electron chi connectivity index (χ1n) is 7.00. The van der Waals surface area contributed by atoms with Gasteiger partial charge in [-0.3, -0.25) is 0 Å². The van der Waals surface area contributed by atoms with Gasteiger partial charge in [-0.1, -0.05) is 0 Å². The van der Waals surface area contributed by atoms with Crippen molar-refractivity contribution >= 4 is 0 Å². The summed E-state index contributed by atoms with van der Waals surface area (Å²) in [5.41, 5.74) is 0. The fourth-order valence-corrected chi connectivity index (χ4v) is 2.47. The molecule has 1 saturated carbocycles. The van der Waals surface area contributed by atoms with Gasteiger partial charge in [0.2, 0.25) is 0 Å². The van der Waals surface area contributed by atoms with E-state index in [0.717, 1.165) is 38.8 Å². The Morgan fingerprint density at radius 2 is 2.29 bits per heavy atom. The van der Waals surface area contributed by atoms with Gasteiger partial charge in [-0.15, -0.1) is 0 Å². The van der Waals surface area contributed by atoms with E-state index >= 15 is 0 Å². The largest absolute Gasteiger partial charge is 0.379 e. The number of ether oxygens (including phenoxy) is 1. The molecule has 4 heteroatoms. The van der Waals surface area contributed by atoms with E-state index in [-0.39, 0.29) is 0 Å². The Morgan fingerprint density at radius 1 is 1.47 bits per heavy atom. The second-order valence-corrected chi connectivity index (χ2v) is 5.53. The molecule has 0 aromatic carbocycles. The number of rotatable bonds is 7. The average Bonchev–Trinajstić information content (AvgIpc) is 3.14. The smallest absolute Gasteiger partial charge is 0.0620 e. The molecule has 1 saturated heterocycles. The summed E-state index contributed by atoms with van der Waals surface area (Å²) >= 11 is 0. The molecule has 2 N–H and O–H groups in total. The summed E-state index contributed by atoms with van der Waals surface area (Å²) in [6.45, 7) is 7.28. The van der Waals surface area contributed by atoms with Crippen molar-refractivity contribution in [1.82, 2.24) is 15.5 Å². The molecule has 17 heavy (non-hydrogen) atoms. The van der Waals surface area contributed by atoms with Crippen molar-refractivity contribution in [3.05, 3.63) is 0 Å². The third-order valence-electron chi connectivity index (χ3n) is 3.76. The first-order chi connectivity index (χ1) is 8.25. The van der Waals surface area contributed by atoms with Gasteiger partial charge < -0.3 is 20.3 Å². The lowest BCUT2D eigenvalue weighted by atomic mass is 10.1. The third-order valence-corrected chi connectivity index (χ3v) is 3.76. The van der Waals surface area contributed by atoms with Crippen molar-refractivity contribution in [2.75, 3.05) is 39.9 Å². The topological polar surface area (TPSA) is 36.5 Å². The summed E-state index contributed by atoms with van der Waals surface area (Å²) < 4.78 is 5.47. The maximum absolute atomic E-state index is 5.47. The van der Waals surface area contributed by atoms with Crippen LogP contribution in [0.5, 0.6) is 0 Å². The van der Waals surface area contributed by atoms with E-state index in [2.05, 4.69) is 29.5 Å². The molecule has 100 valence electrons. The molecule has 1 aliphatic heterocycles. The molecule has 1 heterocycles. The SMILES string of the molecule is CC(CC1COCCN1)NCCN(C)C1CC1. The number of hydrogen-bond acceptors (Lipinski definition) is 4. The molecule has 2 aliphatic rings. The van der Waals surface area contributed by atoms with Gasteiger partial charge in [-0.25, -0.2) is 0 Å². The Morgan fingerprint density at radius 3 is 2.94 bits per heavy atom. The maximum Gasteiger partial charge on any atom is 0.0620 e. The number of hydrogen-bond donors (Lipinski definition) is 2. The van der Waals surface area contributed by atoms with Crippen molar-refractivity contribution in [3.8, 4) is 0 Å². The van der Waals surface area contributed by atoms with Crippen LogP contribution in [0.15, 0.2) is 0 Å². The maximum atomic E-state index is 5.47. The van der Waals surface area contributed by atoms with Gasteiger partial charge in [0.1, 0.15) is 0 Å². The second-order valence-electron chi connectivity index (χ2n) is 5.53. The van der Waals surface area contributed by atoms with Crippen LogP contribution in [0.4, 0.5) is 0 Å².